The number of morpholine rings is 1. The van der Waals surface area contributed by atoms with E-state index in [2.05, 4.69) is 18.7 Å². The van der Waals surface area contributed by atoms with Gasteiger partial charge >= 0.3 is 0 Å². The predicted octanol–water partition coefficient (Wildman–Crippen LogP) is 2.05. The zero-order valence-electron chi connectivity index (χ0n) is 11.4. The monoisotopic (exact) mass is 265 g/mol. The largest absolute Gasteiger partial charge is 0.368 e. The van der Waals surface area contributed by atoms with Crippen molar-refractivity contribution in [3.8, 4) is 0 Å². The van der Waals surface area contributed by atoms with E-state index in [0.717, 1.165) is 6.54 Å². The minimum atomic E-state index is -0.434. The molecule has 19 heavy (non-hydrogen) atoms. The van der Waals surface area contributed by atoms with Gasteiger partial charge < -0.3 is 4.74 Å². The molecule has 1 aromatic rings. The number of ketones is 1. The molecule has 1 saturated heterocycles. The van der Waals surface area contributed by atoms with Crippen LogP contribution in [-0.2, 0) is 16.0 Å². The van der Waals surface area contributed by atoms with E-state index >= 15 is 0 Å². The summed E-state index contributed by atoms with van der Waals surface area (Å²) in [4.78, 5) is 14.4. The fourth-order valence-electron chi connectivity index (χ4n) is 2.28. The Morgan fingerprint density at radius 1 is 1.47 bits per heavy atom. The molecule has 104 valence electrons. The smallest absolute Gasteiger partial charge is 0.167 e. The SMILES string of the molecule is CC(C)N1CCOC(C(=O)Cc2ccccc2F)C1. The maximum atomic E-state index is 13.5. The Labute approximate surface area is 113 Å². The second kappa shape index (κ2) is 6.26. The Balaban J connectivity index is 1.98. The summed E-state index contributed by atoms with van der Waals surface area (Å²) in [5.74, 6) is -0.372. The molecule has 0 N–H and O–H groups in total. The zero-order chi connectivity index (χ0) is 13.8. The summed E-state index contributed by atoms with van der Waals surface area (Å²) in [5, 5.41) is 0. The Morgan fingerprint density at radius 3 is 2.89 bits per heavy atom. The van der Waals surface area contributed by atoms with E-state index in [0.29, 0.717) is 24.8 Å². The lowest BCUT2D eigenvalue weighted by Gasteiger charge is -2.34. The summed E-state index contributed by atoms with van der Waals surface area (Å²) < 4.78 is 19.0. The Bertz CT molecular complexity index is 448. The molecule has 0 bridgehead atoms. The van der Waals surface area contributed by atoms with Gasteiger partial charge in [0.25, 0.3) is 0 Å². The van der Waals surface area contributed by atoms with Gasteiger partial charge in [0.05, 0.1) is 6.61 Å². The maximum absolute atomic E-state index is 13.5. The fraction of sp³-hybridized carbons (Fsp3) is 0.533. The fourth-order valence-corrected chi connectivity index (χ4v) is 2.28. The van der Waals surface area contributed by atoms with Crippen LogP contribution < -0.4 is 0 Å². The first kappa shape index (κ1) is 14.2. The predicted molar refractivity (Wildman–Crippen MR) is 71.6 cm³/mol. The molecule has 0 radical (unpaired) electrons. The van der Waals surface area contributed by atoms with Crippen molar-refractivity contribution in [1.29, 1.82) is 0 Å². The van der Waals surface area contributed by atoms with Gasteiger partial charge in [-0.25, -0.2) is 4.39 Å². The average molecular weight is 265 g/mol. The van der Waals surface area contributed by atoms with E-state index in [1.54, 1.807) is 18.2 Å². The Morgan fingerprint density at radius 2 is 2.21 bits per heavy atom. The molecule has 4 heteroatoms. The highest BCUT2D eigenvalue weighted by Crippen LogP contribution is 2.13. The molecular formula is C15H20FNO2. The van der Waals surface area contributed by atoms with Gasteiger partial charge in [-0.15, -0.1) is 0 Å². The minimum absolute atomic E-state index is 0.0459. The second-order valence-electron chi connectivity index (χ2n) is 5.18. The second-order valence-corrected chi connectivity index (χ2v) is 5.18. The van der Waals surface area contributed by atoms with Crippen LogP contribution in [0.2, 0.25) is 0 Å². The highest BCUT2D eigenvalue weighted by molar-refractivity contribution is 5.85. The maximum Gasteiger partial charge on any atom is 0.167 e. The molecule has 0 saturated carbocycles. The molecule has 1 fully saturated rings. The number of nitrogens with zero attached hydrogens (tertiary/aromatic N) is 1. The topological polar surface area (TPSA) is 29.5 Å². The molecule has 3 nitrogen and oxygen atoms in total. The lowest BCUT2D eigenvalue weighted by Crippen LogP contribution is -2.49. The number of benzene rings is 1. The molecule has 1 aliphatic heterocycles. The van der Waals surface area contributed by atoms with Gasteiger partial charge in [-0.3, -0.25) is 9.69 Å². The minimum Gasteiger partial charge on any atom is -0.368 e. The molecule has 0 aromatic heterocycles. The van der Waals surface area contributed by atoms with Crippen molar-refractivity contribution in [3.63, 3.8) is 0 Å². The molecule has 1 aliphatic rings. The van der Waals surface area contributed by atoms with Crippen molar-refractivity contribution in [2.45, 2.75) is 32.4 Å². The van der Waals surface area contributed by atoms with Crippen LogP contribution in [0.5, 0.6) is 0 Å². The summed E-state index contributed by atoms with van der Waals surface area (Å²) in [7, 11) is 0. The van der Waals surface area contributed by atoms with Gasteiger partial charge in [0, 0.05) is 25.6 Å². The van der Waals surface area contributed by atoms with Crippen molar-refractivity contribution in [1.82, 2.24) is 4.90 Å². The van der Waals surface area contributed by atoms with Crippen LogP contribution in [0.15, 0.2) is 24.3 Å². The van der Waals surface area contributed by atoms with Crippen LogP contribution in [0.1, 0.15) is 19.4 Å². The Kier molecular flexibility index (Phi) is 4.66. The summed E-state index contributed by atoms with van der Waals surface area (Å²) in [6.07, 6.45) is -0.334. The van der Waals surface area contributed by atoms with Crippen molar-refractivity contribution >= 4 is 5.78 Å². The van der Waals surface area contributed by atoms with E-state index in [-0.39, 0.29) is 18.0 Å². The van der Waals surface area contributed by atoms with Crippen molar-refractivity contribution in [3.05, 3.63) is 35.6 Å². The van der Waals surface area contributed by atoms with E-state index in [1.165, 1.54) is 6.07 Å². The van der Waals surface area contributed by atoms with Gasteiger partial charge in [-0.05, 0) is 25.5 Å². The molecule has 0 amide bonds. The molecular weight excluding hydrogens is 245 g/mol. The van der Waals surface area contributed by atoms with Gasteiger partial charge in [-0.2, -0.15) is 0 Å². The van der Waals surface area contributed by atoms with Gasteiger partial charge in [0.15, 0.2) is 5.78 Å². The zero-order valence-corrected chi connectivity index (χ0v) is 11.4. The average Bonchev–Trinajstić information content (AvgIpc) is 2.41. The standard InChI is InChI=1S/C15H20FNO2/c1-11(2)17-7-8-19-15(10-17)14(18)9-12-5-3-4-6-13(12)16/h3-6,11,15H,7-10H2,1-2H3. The first-order chi connectivity index (χ1) is 9.08. The quantitative estimate of drug-likeness (QED) is 0.834. The number of Topliss-reactive ketones (excluding diaryl/α,β-unsaturated/α-hetero) is 1. The first-order valence-electron chi connectivity index (χ1n) is 6.69. The van der Waals surface area contributed by atoms with Crippen LogP contribution in [0, 0.1) is 5.82 Å². The van der Waals surface area contributed by atoms with Crippen LogP contribution >= 0.6 is 0 Å². The number of hydrogen-bond acceptors (Lipinski definition) is 3. The highest BCUT2D eigenvalue weighted by atomic mass is 19.1. The molecule has 2 rings (SSSR count). The van der Waals surface area contributed by atoms with Crippen molar-refractivity contribution in [2.24, 2.45) is 0 Å². The third kappa shape index (κ3) is 3.61. The molecule has 0 spiro atoms. The number of rotatable bonds is 4. The number of halogens is 1. The van der Waals surface area contributed by atoms with E-state index in [1.807, 2.05) is 0 Å². The molecule has 0 aliphatic carbocycles. The van der Waals surface area contributed by atoms with Crippen molar-refractivity contribution < 1.29 is 13.9 Å². The normalized spacial score (nSPS) is 20.7. The summed E-state index contributed by atoms with van der Waals surface area (Å²) in [5.41, 5.74) is 0.442. The summed E-state index contributed by atoms with van der Waals surface area (Å²) >= 11 is 0. The third-order valence-corrected chi connectivity index (χ3v) is 3.51. The van der Waals surface area contributed by atoms with Crippen LogP contribution in [0.3, 0.4) is 0 Å². The van der Waals surface area contributed by atoms with Gasteiger partial charge in [0.2, 0.25) is 0 Å². The number of ether oxygens (including phenoxy) is 1. The van der Waals surface area contributed by atoms with Crippen LogP contribution in [-0.4, -0.2) is 42.5 Å². The van der Waals surface area contributed by atoms with Crippen molar-refractivity contribution in [2.75, 3.05) is 19.7 Å². The first-order valence-corrected chi connectivity index (χ1v) is 6.69. The number of carbonyl (C=O) groups is 1. The lowest BCUT2D eigenvalue weighted by atomic mass is 10.0. The number of carbonyl (C=O) groups excluding carboxylic acids is 1. The number of hydrogen-bond donors (Lipinski definition) is 0. The molecule has 1 unspecified atom stereocenters. The van der Waals surface area contributed by atoms with E-state index < -0.39 is 6.10 Å². The summed E-state index contributed by atoms with van der Waals surface area (Å²) in [6.45, 7) is 6.21. The highest BCUT2D eigenvalue weighted by Gasteiger charge is 2.27. The van der Waals surface area contributed by atoms with Gasteiger partial charge in [-0.1, -0.05) is 18.2 Å². The molecule has 1 aromatic carbocycles. The van der Waals surface area contributed by atoms with Gasteiger partial charge in [0.1, 0.15) is 11.9 Å². The molecule has 1 atom stereocenters. The van der Waals surface area contributed by atoms with Crippen LogP contribution in [0.25, 0.3) is 0 Å². The van der Waals surface area contributed by atoms with E-state index in [9.17, 15) is 9.18 Å². The Hall–Kier alpha value is -1.26. The van der Waals surface area contributed by atoms with Crippen LogP contribution in [0.4, 0.5) is 4.39 Å². The van der Waals surface area contributed by atoms with E-state index in [4.69, 9.17) is 4.74 Å². The third-order valence-electron chi connectivity index (χ3n) is 3.51. The lowest BCUT2D eigenvalue weighted by molar-refractivity contribution is -0.136. The summed E-state index contributed by atoms with van der Waals surface area (Å²) in [6, 6.07) is 6.79. The molecule has 1 heterocycles.